The molecule has 0 saturated carbocycles. The van der Waals surface area contributed by atoms with Gasteiger partial charge in [-0.3, -0.25) is 0 Å². The number of nitrogens with one attached hydrogen (secondary N) is 1. The van der Waals surface area contributed by atoms with Crippen molar-refractivity contribution in [3.05, 3.63) is 0 Å². The minimum absolute atomic E-state index is 0.118. The Morgan fingerprint density at radius 2 is 2.24 bits per heavy atom. The van der Waals surface area contributed by atoms with Crippen LogP contribution in [0, 0.1) is 0 Å². The van der Waals surface area contributed by atoms with Crippen LogP contribution in [0.25, 0.3) is 0 Å². The SMILES string of the molecule is CC1(CNC2CCN3CCCC3C2)CCCO1. The van der Waals surface area contributed by atoms with E-state index >= 15 is 0 Å². The fourth-order valence-corrected chi connectivity index (χ4v) is 3.75. The molecule has 3 saturated heterocycles. The van der Waals surface area contributed by atoms with Gasteiger partial charge in [0.05, 0.1) is 5.60 Å². The standard InChI is InChI=1S/C14H26N2O/c1-14(6-3-9-17-14)11-15-12-5-8-16-7-2-4-13(16)10-12/h12-13,15H,2-11H2,1H3. The normalized spacial score (nSPS) is 42.9. The van der Waals surface area contributed by atoms with E-state index in [9.17, 15) is 0 Å². The van der Waals surface area contributed by atoms with Crippen molar-refractivity contribution in [2.24, 2.45) is 0 Å². The molecule has 0 radical (unpaired) electrons. The summed E-state index contributed by atoms with van der Waals surface area (Å²) in [7, 11) is 0. The lowest BCUT2D eigenvalue weighted by Gasteiger charge is -2.36. The van der Waals surface area contributed by atoms with E-state index in [4.69, 9.17) is 4.74 Å². The van der Waals surface area contributed by atoms with Crippen LogP contribution in [0.15, 0.2) is 0 Å². The average molecular weight is 238 g/mol. The Bertz CT molecular complexity index is 263. The molecule has 0 spiro atoms. The van der Waals surface area contributed by atoms with Crippen LogP contribution in [0.1, 0.15) is 45.4 Å². The van der Waals surface area contributed by atoms with Gasteiger partial charge in [0, 0.05) is 25.2 Å². The third-order valence-electron chi connectivity index (χ3n) is 4.89. The van der Waals surface area contributed by atoms with E-state index in [1.54, 1.807) is 0 Å². The maximum Gasteiger partial charge on any atom is 0.0779 e. The van der Waals surface area contributed by atoms with Crippen LogP contribution in [0.4, 0.5) is 0 Å². The Balaban J connectivity index is 1.46. The van der Waals surface area contributed by atoms with E-state index in [1.807, 2.05) is 0 Å². The minimum Gasteiger partial charge on any atom is -0.374 e. The number of hydrogen-bond donors (Lipinski definition) is 1. The zero-order chi connectivity index (χ0) is 11.7. The second-order valence-corrected chi connectivity index (χ2v) is 6.34. The van der Waals surface area contributed by atoms with E-state index in [0.29, 0.717) is 0 Å². The van der Waals surface area contributed by atoms with Crippen molar-refractivity contribution in [3.63, 3.8) is 0 Å². The molecule has 3 aliphatic heterocycles. The first-order valence-electron chi connectivity index (χ1n) is 7.37. The lowest BCUT2D eigenvalue weighted by Crippen LogP contribution is -2.49. The number of rotatable bonds is 3. The third-order valence-corrected chi connectivity index (χ3v) is 4.89. The lowest BCUT2D eigenvalue weighted by molar-refractivity contribution is 0.0159. The number of piperidine rings is 1. The predicted molar refractivity (Wildman–Crippen MR) is 69.2 cm³/mol. The van der Waals surface area contributed by atoms with Gasteiger partial charge in [0.15, 0.2) is 0 Å². The molecule has 17 heavy (non-hydrogen) atoms. The Labute approximate surface area is 105 Å². The maximum absolute atomic E-state index is 5.85. The maximum atomic E-state index is 5.85. The number of nitrogens with zero attached hydrogens (tertiary/aromatic N) is 1. The van der Waals surface area contributed by atoms with Crippen LogP contribution in [-0.4, -0.2) is 48.8 Å². The van der Waals surface area contributed by atoms with E-state index < -0.39 is 0 Å². The summed E-state index contributed by atoms with van der Waals surface area (Å²) in [6, 6.07) is 1.61. The molecule has 0 aromatic heterocycles. The fourth-order valence-electron chi connectivity index (χ4n) is 3.75. The van der Waals surface area contributed by atoms with Crippen molar-refractivity contribution in [1.29, 1.82) is 0 Å². The molecule has 3 fully saturated rings. The molecule has 0 aliphatic carbocycles. The number of fused-ring (bicyclic) bond motifs is 1. The van der Waals surface area contributed by atoms with Crippen LogP contribution in [0.2, 0.25) is 0 Å². The zero-order valence-electron chi connectivity index (χ0n) is 11.1. The molecular formula is C14H26N2O. The van der Waals surface area contributed by atoms with Gasteiger partial charge in [-0.25, -0.2) is 0 Å². The van der Waals surface area contributed by atoms with Crippen LogP contribution >= 0.6 is 0 Å². The minimum atomic E-state index is 0.118. The highest BCUT2D eigenvalue weighted by Gasteiger charge is 2.34. The highest BCUT2D eigenvalue weighted by atomic mass is 16.5. The van der Waals surface area contributed by atoms with Crippen molar-refractivity contribution < 1.29 is 4.74 Å². The molecule has 3 heteroatoms. The lowest BCUT2D eigenvalue weighted by atomic mass is 9.96. The monoisotopic (exact) mass is 238 g/mol. The van der Waals surface area contributed by atoms with Gasteiger partial charge >= 0.3 is 0 Å². The van der Waals surface area contributed by atoms with E-state index in [0.717, 1.165) is 25.2 Å². The molecule has 1 N–H and O–H groups in total. The van der Waals surface area contributed by atoms with E-state index in [2.05, 4.69) is 17.1 Å². The van der Waals surface area contributed by atoms with Crippen molar-refractivity contribution >= 4 is 0 Å². The second-order valence-electron chi connectivity index (χ2n) is 6.34. The molecule has 0 aromatic carbocycles. The quantitative estimate of drug-likeness (QED) is 0.811. The Kier molecular flexibility index (Phi) is 3.42. The van der Waals surface area contributed by atoms with Crippen molar-refractivity contribution in [2.75, 3.05) is 26.2 Å². The molecule has 3 aliphatic rings. The van der Waals surface area contributed by atoms with E-state index in [1.165, 1.54) is 51.6 Å². The Hall–Kier alpha value is -0.120. The summed E-state index contributed by atoms with van der Waals surface area (Å²) >= 11 is 0. The summed E-state index contributed by atoms with van der Waals surface area (Å²) in [5.41, 5.74) is 0.118. The molecular weight excluding hydrogens is 212 g/mol. The summed E-state index contributed by atoms with van der Waals surface area (Å²) in [4.78, 5) is 2.69. The van der Waals surface area contributed by atoms with Gasteiger partial charge in [-0.1, -0.05) is 0 Å². The highest BCUT2D eigenvalue weighted by Crippen LogP contribution is 2.28. The van der Waals surface area contributed by atoms with Gasteiger partial charge in [-0.2, -0.15) is 0 Å². The molecule has 0 bridgehead atoms. The first-order valence-corrected chi connectivity index (χ1v) is 7.37. The predicted octanol–water partition coefficient (Wildman–Crippen LogP) is 1.77. The highest BCUT2D eigenvalue weighted by molar-refractivity contribution is 4.91. The zero-order valence-corrected chi connectivity index (χ0v) is 11.1. The van der Waals surface area contributed by atoms with Crippen LogP contribution in [0.3, 0.4) is 0 Å². The summed E-state index contributed by atoms with van der Waals surface area (Å²) in [6.45, 7) is 6.92. The van der Waals surface area contributed by atoms with Crippen LogP contribution in [0.5, 0.6) is 0 Å². The Morgan fingerprint density at radius 3 is 3.06 bits per heavy atom. The molecule has 3 nitrogen and oxygen atoms in total. The molecule has 98 valence electrons. The summed E-state index contributed by atoms with van der Waals surface area (Å²) in [6.07, 6.45) is 7.98. The third kappa shape index (κ3) is 2.67. The average Bonchev–Trinajstić information content (AvgIpc) is 2.95. The topological polar surface area (TPSA) is 24.5 Å². The smallest absolute Gasteiger partial charge is 0.0779 e. The van der Waals surface area contributed by atoms with E-state index in [-0.39, 0.29) is 5.60 Å². The molecule has 0 amide bonds. The molecule has 3 rings (SSSR count). The Morgan fingerprint density at radius 1 is 1.29 bits per heavy atom. The molecule has 0 aromatic rings. The molecule has 3 heterocycles. The molecule has 3 atom stereocenters. The van der Waals surface area contributed by atoms with Gasteiger partial charge < -0.3 is 15.0 Å². The van der Waals surface area contributed by atoms with Gasteiger partial charge in [-0.05, 0) is 58.5 Å². The van der Waals surface area contributed by atoms with Crippen LogP contribution < -0.4 is 5.32 Å². The first-order chi connectivity index (χ1) is 8.25. The number of ether oxygens (including phenoxy) is 1. The van der Waals surface area contributed by atoms with Crippen LogP contribution in [-0.2, 0) is 4.74 Å². The second kappa shape index (κ2) is 4.87. The van der Waals surface area contributed by atoms with Gasteiger partial charge in [0.25, 0.3) is 0 Å². The van der Waals surface area contributed by atoms with Gasteiger partial charge in [0.2, 0.25) is 0 Å². The summed E-state index contributed by atoms with van der Waals surface area (Å²) in [5, 5.41) is 3.77. The van der Waals surface area contributed by atoms with Crippen molar-refractivity contribution in [2.45, 2.75) is 63.1 Å². The molecule has 3 unspecified atom stereocenters. The van der Waals surface area contributed by atoms with Crippen molar-refractivity contribution in [3.8, 4) is 0 Å². The fraction of sp³-hybridized carbons (Fsp3) is 1.00. The summed E-state index contributed by atoms with van der Waals surface area (Å²) in [5.74, 6) is 0. The van der Waals surface area contributed by atoms with Gasteiger partial charge in [-0.15, -0.1) is 0 Å². The number of hydrogen-bond acceptors (Lipinski definition) is 3. The van der Waals surface area contributed by atoms with Crippen molar-refractivity contribution in [1.82, 2.24) is 10.2 Å². The van der Waals surface area contributed by atoms with Gasteiger partial charge in [0.1, 0.15) is 0 Å². The summed E-state index contributed by atoms with van der Waals surface area (Å²) < 4.78 is 5.85. The first kappa shape index (κ1) is 11.9. The largest absolute Gasteiger partial charge is 0.374 e.